The molecule has 0 aliphatic carbocycles. The van der Waals surface area contributed by atoms with Crippen LogP contribution in [0, 0.1) is 0 Å². The molecule has 0 fully saturated rings. The summed E-state index contributed by atoms with van der Waals surface area (Å²) in [7, 11) is 0. The molecule has 8 heteroatoms. The van der Waals surface area contributed by atoms with Gasteiger partial charge in [-0.15, -0.1) is 0 Å². The third-order valence-electron chi connectivity index (χ3n) is 4.03. The van der Waals surface area contributed by atoms with Crippen LogP contribution in [0.25, 0.3) is 11.1 Å². The zero-order valence-electron chi connectivity index (χ0n) is 13.7. The first-order valence-corrected chi connectivity index (χ1v) is 8.05. The number of amides is 2. The lowest BCUT2D eigenvalue weighted by Gasteiger charge is -2.18. The molecule has 0 bridgehead atoms. The molecule has 0 radical (unpaired) electrons. The van der Waals surface area contributed by atoms with Gasteiger partial charge in [-0.1, -0.05) is 12.1 Å². The number of fused-ring (bicyclic) bond motifs is 2. The van der Waals surface area contributed by atoms with Crippen molar-refractivity contribution in [3.05, 3.63) is 53.0 Å². The van der Waals surface area contributed by atoms with E-state index in [1.165, 1.54) is 4.57 Å². The summed E-state index contributed by atoms with van der Waals surface area (Å²) >= 11 is 0. The van der Waals surface area contributed by atoms with E-state index in [0.717, 1.165) is 0 Å². The first-order valence-electron chi connectivity index (χ1n) is 8.05. The van der Waals surface area contributed by atoms with Crippen LogP contribution in [0.5, 0.6) is 5.75 Å². The maximum Gasteiger partial charge on any atom is 0.419 e. The average molecular weight is 353 g/mol. The molecule has 132 valence electrons. The normalized spacial score (nSPS) is 13.0. The molecule has 8 nitrogen and oxygen atoms in total. The van der Waals surface area contributed by atoms with Crippen molar-refractivity contribution in [2.24, 2.45) is 0 Å². The van der Waals surface area contributed by atoms with Crippen molar-refractivity contribution in [1.29, 1.82) is 0 Å². The van der Waals surface area contributed by atoms with Gasteiger partial charge in [0, 0.05) is 18.7 Å². The predicted molar refractivity (Wildman–Crippen MR) is 94.3 cm³/mol. The number of rotatable bonds is 4. The Balaban J connectivity index is 1.44. The predicted octanol–water partition coefficient (Wildman–Crippen LogP) is 1.95. The minimum absolute atomic E-state index is 0.0217. The minimum atomic E-state index is -0.493. The number of oxazole rings is 1. The fourth-order valence-electron chi connectivity index (χ4n) is 2.82. The highest BCUT2D eigenvalue weighted by atomic mass is 16.5. The Bertz CT molecular complexity index is 1070. The van der Waals surface area contributed by atoms with Gasteiger partial charge in [-0.2, -0.15) is 0 Å². The molecule has 2 amide bonds. The molecule has 26 heavy (non-hydrogen) atoms. The first-order chi connectivity index (χ1) is 12.6. The Hall–Kier alpha value is -3.55. The summed E-state index contributed by atoms with van der Waals surface area (Å²) < 4.78 is 11.8. The molecule has 0 saturated carbocycles. The van der Waals surface area contributed by atoms with E-state index in [2.05, 4.69) is 10.6 Å². The number of benzene rings is 2. The van der Waals surface area contributed by atoms with Gasteiger partial charge < -0.3 is 19.8 Å². The van der Waals surface area contributed by atoms with Crippen molar-refractivity contribution in [1.82, 2.24) is 4.57 Å². The lowest BCUT2D eigenvalue weighted by molar-refractivity contribution is -0.118. The van der Waals surface area contributed by atoms with Gasteiger partial charge in [0.2, 0.25) is 5.91 Å². The Morgan fingerprint density at radius 2 is 2.04 bits per heavy atom. The number of ether oxygens (including phenoxy) is 1. The Kier molecular flexibility index (Phi) is 3.92. The van der Waals surface area contributed by atoms with Gasteiger partial charge >= 0.3 is 5.76 Å². The van der Waals surface area contributed by atoms with Crippen LogP contribution in [-0.4, -0.2) is 23.0 Å². The van der Waals surface area contributed by atoms with E-state index < -0.39 is 5.76 Å². The molecule has 1 aliphatic heterocycles. The van der Waals surface area contributed by atoms with Gasteiger partial charge in [-0.3, -0.25) is 14.2 Å². The van der Waals surface area contributed by atoms with Crippen LogP contribution in [0.2, 0.25) is 0 Å². The number of aromatic nitrogens is 1. The van der Waals surface area contributed by atoms with Crippen LogP contribution in [0.1, 0.15) is 6.42 Å². The number of hydrogen-bond donors (Lipinski definition) is 2. The van der Waals surface area contributed by atoms with Crippen molar-refractivity contribution >= 4 is 34.3 Å². The molecule has 4 rings (SSSR count). The second kappa shape index (κ2) is 6.40. The summed E-state index contributed by atoms with van der Waals surface area (Å²) in [5, 5.41) is 5.43. The van der Waals surface area contributed by atoms with Crippen molar-refractivity contribution in [2.75, 3.05) is 17.2 Å². The van der Waals surface area contributed by atoms with Crippen molar-refractivity contribution in [2.45, 2.75) is 13.0 Å². The number of carbonyl (C=O) groups excluding carboxylic acids is 2. The summed E-state index contributed by atoms with van der Waals surface area (Å²) in [6, 6.07) is 12.1. The highest BCUT2D eigenvalue weighted by molar-refractivity contribution is 5.97. The Labute approximate surface area is 147 Å². The first kappa shape index (κ1) is 15.9. The molecule has 2 N–H and O–H groups in total. The minimum Gasteiger partial charge on any atom is -0.482 e. The van der Waals surface area contributed by atoms with Crippen LogP contribution in [0.3, 0.4) is 0 Å². The van der Waals surface area contributed by atoms with Gasteiger partial charge in [0.1, 0.15) is 5.75 Å². The van der Waals surface area contributed by atoms with Crippen molar-refractivity contribution < 1.29 is 18.7 Å². The smallest absolute Gasteiger partial charge is 0.419 e. The van der Waals surface area contributed by atoms with E-state index in [-0.39, 0.29) is 31.4 Å². The number of anilines is 2. The van der Waals surface area contributed by atoms with E-state index in [4.69, 9.17) is 9.15 Å². The van der Waals surface area contributed by atoms with Crippen LogP contribution >= 0.6 is 0 Å². The molecule has 0 spiro atoms. The second-order valence-corrected chi connectivity index (χ2v) is 5.83. The fraction of sp³-hybridized carbons (Fsp3) is 0.167. The monoisotopic (exact) mass is 353 g/mol. The van der Waals surface area contributed by atoms with Gasteiger partial charge in [0.05, 0.1) is 11.2 Å². The third kappa shape index (κ3) is 3.04. The standard InChI is InChI=1S/C18H15N3O5/c22-16(7-8-21-13-3-1-2-4-15(13)26-18(21)24)19-11-5-6-14-12(9-11)20-17(23)10-25-14/h1-6,9H,7-8,10H2,(H,19,22)(H,20,23). The molecule has 0 unspecified atom stereocenters. The molecular formula is C18H15N3O5. The van der Waals surface area contributed by atoms with Gasteiger partial charge in [-0.25, -0.2) is 4.79 Å². The number of para-hydroxylation sites is 2. The third-order valence-corrected chi connectivity index (χ3v) is 4.03. The second-order valence-electron chi connectivity index (χ2n) is 5.83. The van der Waals surface area contributed by atoms with Gasteiger partial charge in [0.15, 0.2) is 12.2 Å². The molecule has 2 heterocycles. The Morgan fingerprint density at radius 1 is 1.19 bits per heavy atom. The summed E-state index contributed by atoms with van der Waals surface area (Å²) in [6.07, 6.45) is 0.101. The summed E-state index contributed by atoms with van der Waals surface area (Å²) in [5.74, 6) is -0.441. The van der Waals surface area contributed by atoms with Crippen LogP contribution in [0.4, 0.5) is 11.4 Å². The molecule has 2 aromatic carbocycles. The highest BCUT2D eigenvalue weighted by Gasteiger charge is 2.16. The number of carbonyl (C=O) groups is 2. The summed E-state index contributed by atoms with van der Waals surface area (Å²) in [4.78, 5) is 35.5. The molecule has 1 aromatic heterocycles. The van der Waals surface area contributed by atoms with E-state index in [0.29, 0.717) is 28.2 Å². The lowest BCUT2D eigenvalue weighted by atomic mass is 10.2. The quantitative estimate of drug-likeness (QED) is 0.746. The van der Waals surface area contributed by atoms with E-state index in [9.17, 15) is 14.4 Å². The molecule has 0 saturated heterocycles. The number of hydrogen-bond acceptors (Lipinski definition) is 5. The van der Waals surface area contributed by atoms with Gasteiger partial charge in [-0.05, 0) is 30.3 Å². The fourth-order valence-corrected chi connectivity index (χ4v) is 2.82. The lowest BCUT2D eigenvalue weighted by Crippen LogP contribution is -2.25. The Morgan fingerprint density at radius 3 is 2.92 bits per heavy atom. The summed E-state index contributed by atoms with van der Waals surface area (Å²) in [5.41, 5.74) is 2.18. The highest BCUT2D eigenvalue weighted by Crippen LogP contribution is 2.30. The van der Waals surface area contributed by atoms with E-state index in [1.807, 2.05) is 0 Å². The van der Waals surface area contributed by atoms with Crippen LogP contribution in [-0.2, 0) is 16.1 Å². The number of nitrogens with zero attached hydrogens (tertiary/aromatic N) is 1. The number of nitrogens with one attached hydrogen (secondary N) is 2. The molecule has 0 atom stereocenters. The van der Waals surface area contributed by atoms with Crippen molar-refractivity contribution in [3.8, 4) is 5.75 Å². The van der Waals surface area contributed by atoms with Gasteiger partial charge in [0.25, 0.3) is 5.91 Å². The summed E-state index contributed by atoms with van der Waals surface area (Å²) in [6.45, 7) is 0.179. The zero-order valence-corrected chi connectivity index (χ0v) is 13.7. The van der Waals surface area contributed by atoms with Crippen molar-refractivity contribution in [3.63, 3.8) is 0 Å². The molecule has 3 aromatic rings. The van der Waals surface area contributed by atoms with Crippen LogP contribution in [0.15, 0.2) is 51.7 Å². The van der Waals surface area contributed by atoms with Crippen LogP contribution < -0.4 is 21.1 Å². The topological polar surface area (TPSA) is 103 Å². The average Bonchev–Trinajstić information content (AvgIpc) is 2.94. The number of aryl methyl sites for hydroxylation is 1. The zero-order chi connectivity index (χ0) is 18.1. The maximum absolute atomic E-state index is 12.2. The van der Waals surface area contributed by atoms with E-state index >= 15 is 0 Å². The maximum atomic E-state index is 12.2. The van der Waals surface area contributed by atoms with E-state index in [1.54, 1.807) is 42.5 Å². The largest absolute Gasteiger partial charge is 0.482 e. The molecular weight excluding hydrogens is 338 g/mol. The molecule has 1 aliphatic rings. The SMILES string of the molecule is O=C(CCn1c(=O)oc2ccccc21)Nc1ccc2c(c1)NC(=O)CO2.